The first-order valence-electron chi connectivity index (χ1n) is 8.32. The van der Waals surface area contributed by atoms with E-state index in [-0.39, 0.29) is 19.2 Å². The molecule has 0 fully saturated rings. The van der Waals surface area contributed by atoms with Crippen molar-refractivity contribution in [3.05, 3.63) is 54.8 Å². The Kier molecular flexibility index (Phi) is 12.4. The van der Waals surface area contributed by atoms with E-state index in [1.807, 2.05) is 0 Å². The molecular formula is C21H30O5. The highest BCUT2D eigenvalue weighted by molar-refractivity contribution is 6.04. The summed E-state index contributed by atoms with van der Waals surface area (Å²) < 4.78 is 15.4. The highest BCUT2D eigenvalue weighted by Crippen LogP contribution is 2.16. The normalized spacial score (nSPS) is 11.3. The van der Waals surface area contributed by atoms with Crippen molar-refractivity contribution in [2.45, 2.75) is 33.6 Å². The number of carbonyl (C=O) groups is 2. The van der Waals surface area contributed by atoms with Crippen LogP contribution >= 0.6 is 0 Å². The van der Waals surface area contributed by atoms with Crippen LogP contribution in [0.4, 0.5) is 0 Å². The van der Waals surface area contributed by atoms with Crippen molar-refractivity contribution in [3.8, 4) is 5.75 Å². The number of benzene rings is 1. The van der Waals surface area contributed by atoms with Gasteiger partial charge >= 0.3 is 5.97 Å². The molecule has 144 valence electrons. The molecule has 0 spiro atoms. The van der Waals surface area contributed by atoms with Crippen molar-refractivity contribution in [1.82, 2.24) is 0 Å². The third-order valence-corrected chi connectivity index (χ3v) is 3.63. The zero-order chi connectivity index (χ0) is 18.5. The number of carbonyl (C=O) groups excluding carboxylic acids is 2. The van der Waals surface area contributed by atoms with Gasteiger partial charge in [-0.3, -0.25) is 4.79 Å². The standard InChI is InChI=1S/C20H26O5.CH4/c1-4-20(22)25-13-5-6-16(2)11-15-24-18-9-7-17(8-10-18)19(21)12-14-23-3;/h4,7-10,12,14,16H,1,5-6,11,13,15H2,2-3H3;1H4. The fourth-order valence-corrected chi connectivity index (χ4v) is 2.13. The Labute approximate surface area is 156 Å². The Bertz CT molecular complexity index is 575. The first-order chi connectivity index (χ1) is 12.1. The highest BCUT2D eigenvalue weighted by Gasteiger charge is 2.05. The molecule has 0 saturated heterocycles. The summed E-state index contributed by atoms with van der Waals surface area (Å²) in [4.78, 5) is 22.7. The van der Waals surface area contributed by atoms with Crippen LogP contribution in [-0.4, -0.2) is 32.1 Å². The monoisotopic (exact) mass is 362 g/mol. The lowest BCUT2D eigenvalue weighted by atomic mass is 10.0. The van der Waals surface area contributed by atoms with Gasteiger partial charge in [0.15, 0.2) is 5.78 Å². The Balaban J connectivity index is 0.00000625. The van der Waals surface area contributed by atoms with Gasteiger partial charge in [-0.2, -0.15) is 0 Å². The Morgan fingerprint density at radius 1 is 1.15 bits per heavy atom. The van der Waals surface area contributed by atoms with Crippen LogP contribution in [0, 0.1) is 5.92 Å². The molecule has 1 aromatic carbocycles. The zero-order valence-electron chi connectivity index (χ0n) is 14.9. The molecule has 0 aliphatic heterocycles. The van der Waals surface area contributed by atoms with Crippen molar-refractivity contribution in [3.63, 3.8) is 0 Å². The number of hydrogen-bond donors (Lipinski definition) is 0. The molecule has 0 radical (unpaired) electrons. The molecule has 0 heterocycles. The SMILES string of the molecule is C.C=CC(=O)OCCCC(C)CCOc1ccc(C(=O)C=COC)cc1. The lowest BCUT2D eigenvalue weighted by molar-refractivity contribution is -0.137. The lowest BCUT2D eigenvalue weighted by Gasteiger charge is -2.12. The van der Waals surface area contributed by atoms with Crippen molar-refractivity contribution in [2.75, 3.05) is 20.3 Å². The molecule has 5 nitrogen and oxygen atoms in total. The van der Waals surface area contributed by atoms with Gasteiger partial charge in [0.1, 0.15) is 5.75 Å². The summed E-state index contributed by atoms with van der Waals surface area (Å²) in [6.45, 7) is 6.52. The number of methoxy groups -OCH3 is 1. The van der Waals surface area contributed by atoms with Gasteiger partial charge in [0.2, 0.25) is 0 Å². The van der Waals surface area contributed by atoms with Gasteiger partial charge in [-0.15, -0.1) is 0 Å². The van der Waals surface area contributed by atoms with Gasteiger partial charge in [-0.05, 0) is 49.4 Å². The summed E-state index contributed by atoms with van der Waals surface area (Å²) in [6.07, 6.45) is 6.60. The van der Waals surface area contributed by atoms with Crippen molar-refractivity contribution in [1.29, 1.82) is 0 Å². The van der Waals surface area contributed by atoms with E-state index in [2.05, 4.69) is 13.5 Å². The summed E-state index contributed by atoms with van der Waals surface area (Å²) in [5.74, 6) is 0.719. The van der Waals surface area contributed by atoms with Gasteiger partial charge in [0, 0.05) is 17.7 Å². The highest BCUT2D eigenvalue weighted by atomic mass is 16.5. The number of allylic oxidation sites excluding steroid dienone is 1. The predicted molar refractivity (Wildman–Crippen MR) is 103 cm³/mol. The Morgan fingerprint density at radius 2 is 1.85 bits per heavy atom. The third-order valence-electron chi connectivity index (χ3n) is 3.63. The van der Waals surface area contributed by atoms with Crippen LogP contribution in [0.5, 0.6) is 5.75 Å². The summed E-state index contributed by atoms with van der Waals surface area (Å²) in [5.41, 5.74) is 0.586. The maximum Gasteiger partial charge on any atom is 0.330 e. The lowest BCUT2D eigenvalue weighted by Crippen LogP contribution is -2.07. The van der Waals surface area contributed by atoms with E-state index < -0.39 is 0 Å². The van der Waals surface area contributed by atoms with Gasteiger partial charge < -0.3 is 14.2 Å². The molecule has 1 aromatic rings. The minimum atomic E-state index is -0.379. The van der Waals surface area contributed by atoms with Gasteiger partial charge in [-0.1, -0.05) is 20.9 Å². The first-order valence-corrected chi connectivity index (χ1v) is 8.32. The maximum absolute atomic E-state index is 11.8. The predicted octanol–water partition coefficient (Wildman–Crippen LogP) is 4.58. The first kappa shape index (κ1) is 23.4. The average Bonchev–Trinajstić information content (AvgIpc) is 2.63. The number of rotatable bonds is 12. The second kappa shape index (κ2) is 13.7. The molecule has 0 aromatic heterocycles. The van der Waals surface area contributed by atoms with Crippen LogP contribution in [0.15, 0.2) is 49.3 Å². The molecule has 0 aliphatic carbocycles. The molecule has 0 bridgehead atoms. The topological polar surface area (TPSA) is 61.8 Å². The molecule has 26 heavy (non-hydrogen) atoms. The summed E-state index contributed by atoms with van der Waals surface area (Å²) in [6, 6.07) is 7.03. The van der Waals surface area contributed by atoms with E-state index in [0.717, 1.165) is 25.0 Å². The molecule has 5 heteroatoms. The molecule has 1 rings (SSSR count). The number of hydrogen-bond acceptors (Lipinski definition) is 5. The van der Waals surface area contributed by atoms with Gasteiger partial charge in [0.25, 0.3) is 0 Å². The molecule has 0 N–H and O–H groups in total. The Hall–Kier alpha value is -2.56. The van der Waals surface area contributed by atoms with E-state index in [4.69, 9.17) is 14.2 Å². The fourth-order valence-electron chi connectivity index (χ4n) is 2.13. The van der Waals surface area contributed by atoms with E-state index in [1.165, 1.54) is 25.5 Å². The second-order valence-electron chi connectivity index (χ2n) is 5.68. The quantitative estimate of drug-likeness (QED) is 0.179. The van der Waals surface area contributed by atoms with Gasteiger partial charge in [0.05, 0.1) is 26.6 Å². The molecule has 1 atom stereocenters. The average molecular weight is 362 g/mol. The minimum absolute atomic E-state index is 0. The van der Waals surface area contributed by atoms with E-state index in [1.54, 1.807) is 24.3 Å². The van der Waals surface area contributed by atoms with Crippen LogP contribution in [0.1, 0.15) is 44.0 Å². The molecule has 0 amide bonds. The second-order valence-corrected chi connectivity index (χ2v) is 5.68. The van der Waals surface area contributed by atoms with Gasteiger partial charge in [-0.25, -0.2) is 4.79 Å². The van der Waals surface area contributed by atoms with E-state index in [9.17, 15) is 9.59 Å². The number of ketones is 1. The fraction of sp³-hybridized carbons (Fsp3) is 0.429. The Morgan fingerprint density at radius 3 is 2.46 bits per heavy atom. The third kappa shape index (κ3) is 9.67. The molecular weight excluding hydrogens is 332 g/mol. The molecule has 0 saturated carbocycles. The van der Waals surface area contributed by atoms with Crippen LogP contribution in [-0.2, 0) is 14.3 Å². The van der Waals surface area contributed by atoms with E-state index >= 15 is 0 Å². The summed E-state index contributed by atoms with van der Waals surface area (Å²) >= 11 is 0. The van der Waals surface area contributed by atoms with Crippen molar-refractivity contribution < 1.29 is 23.8 Å². The maximum atomic E-state index is 11.8. The minimum Gasteiger partial charge on any atom is -0.504 e. The van der Waals surface area contributed by atoms with Crippen LogP contribution in [0.2, 0.25) is 0 Å². The largest absolute Gasteiger partial charge is 0.504 e. The summed E-state index contributed by atoms with van der Waals surface area (Å²) in [7, 11) is 1.50. The zero-order valence-corrected chi connectivity index (χ0v) is 14.9. The smallest absolute Gasteiger partial charge is 0.330 e. The number of ether oxygens (including phenoxy) is 3. The molecule has 1 unspecified atom stereocenters. The number of esters is 1. The van der Waals surface area contributed by atoms with E-state index in [0.29, 0.717) is 24.7 Å². The van der Waals surface area contributed by atoms with Crippen LogP contribution < -0.4 is 4.74 Å². The van der Waals surface area contributed by atoms with Crippen molar-refractivity contribution >= 4 is 11.8 Å². The summed E-state index contributed by atoms with van der Waals surface area (Å²) in [5, 5.41) is 0. The van der Waals surface area contributed by atoms with Crippen LogP contribution in [0.3, 0.4) is 0 Å². The molecule has 0 aliphatic rings. The van der Waals surface area contributed by atoms with Crippen LogP contribution in [0.25, 0.3) is 0 Å². The van der Waals surface area contributed by atoms with Crippen molar-refractivity contribution in [2.24, 2.45) is 5.92 Å².